The number of anilines is 1. The number of carbonyl (C=O) groups excluding carboxylic acids is 1. The standard InChI is InChI=1S/C36H30ClF6N7O4S/c1-15(51)4-5-19-6-7-20(21-8-9-25(37)27-30(21)49(2)47-35(27)48-55(3,53)54)28(45-19)23(12-16-10-17(38)13-18(39)11-16)31(34(44)52)50-32-26(29(46-50)33(40)41)22-14-24(22)36(32,42)43/h6-11,13,15,22-24,31,33,51H,12,14H2,1-3H3,(H2,44,52)(H,47,48)/t15-,22+,23-,24-,31?/m1/s1. The van der Waals surface area contributed by atoms with Gasteiger partial charge in [0.15, 0.2) is 5.82 Å². The van der Waals surface area contributed by atoms with E-state index in [1.54, 1.807) is 0 Å². The highest BCUT2D eigenvalue weighted by atomic mass is 35.5. The fourth-order valence-electron chi connectivity index (χ4n) is 7.52. The Bertz CT molecular complexity index is 2560. The molecule has 19 heteroatoms. The Morgan fingerprint density at radius 2 is 1.78 bits per heavy atom. The maximum atomic E-state index is 16.0. The van der Waals surface area contributed by atoms with Crippen molar-refractivity contribution in [3.05, 3.63) is 93.0 Å². The lowest BCUT2D eigenvalue weighted by molar-refractivity contribution is -0.122. The number of carbonyl (C=O) groups is 1. The maximum Gasteiger partial charge on any atom is 0.293 e. The van der Waals surface area contributed by atoms with Gasteiger partial charge in [0.1, 0.15) is 40.9 Å². The molecular formula is C36H30ClF6N7O4S. The van der Waals surface area contributed by atoms with Gasteiger partial charge in [0.05, 0.1) is 27.9 Å². The molecular weight excluding hydrogens is 776 g/mol. The highest BCUT2D eigenvalue weighted by Crippen LogP contribution is 2.68. The van der Waals surface area contributed by atoms with E-state index in [1.165, 1.54) is 42.9 Å². The SMILES string of the molecule is C[C@@H](O)C#Cc1ccc(-c2ccc(Cl)c3c(NS(C)(=O)=O)nn(C)c23)c([C@@H](Cc2cc(F)cc(F)c2)C(C(N)=O)n2nc(C(F)F)c3c2C(F)(F)[C@@H]2C[C@H]32)n1. The summed E-state index contributed by atoms with van der Waals surface area (Å²) >= 11 is 6.57. The fraction of sp³-hybridized carbons (Fsp3) is 0.333. The van der Waals surface area contributed by atoms with E-state index in [9.17, 15) is 35.9 Å². The number of fused-ring (bicyclic) bond motifs is 4. The molecule has 5 aromatic rings. The van der Waals surface area contributed by atoms with Gasteiger partial charge in [-0.25, -0.2) is 35.6 Å². The summed E-state index contributed by atoms with van der Waals surface area (Å²) in [6.45, 7) is 1.38. The predicted molar refractivity (Wildman–Crippen MR) is 189 cm³/mol. The zero-order valence-electron chi connectivity index (χ0n) is 29.0. The second kappa shape index (κ2) is 13.6. The Hall–Kier alpha value is -5.12. The van der Waals surface area contributed by atoms with E-state index in [2.05, 4.69) is 31.7 Å². The van der Waals surface area contributed by atoms with Crippen LogP contribution in [0, 0.1) is 29.4 Å². The molecule has 11 nitrogen and oxygen atoms in total. The number of aliphatic hydroxyl groups is 1. The van der Waals surface area contributed by atoms with Crippen molar-refractivity contribution in [2.24, 2.45) is 18.7 Å². The van der Waals surface area contributed by atoms with Gasteiger partial charge >= 0.3 is 0 Å². The second-order valence-electron chi connectivity index (χ2n) is 13.6. The van der Waals surface area contributed by atoms with Gasteiger partial charge in [-0.3, -0.25) is 14.2 Å². The Balaban J connectivity index is 1.55. The maximum absolute atomic E-state index is 16.0. The van der Waals surface area contributed by atoms with Crippen LogP contribution < -0.4 is 10.5 Å². The van der Waals surface area contributed by atoms with Crippen molar-refractivity contribution in [1.29, 1.82) is 0 Å². The van der Waals surface area contributed by atoms with Crippen molar-refractivity contribution >= 4 is 44.3 Å². The Labute approximate surface area is 314 Å². The zero-order chi connectivity index (χ0) is 39.9. The van der Waals surface area contributed by atoms with Crippen LogP contribution in [0.15, 0.2) is 42.5 Å². The molecule has 1 saturated carbocycles. The van der Waals surface area contributed by atoms with Crippen LogP contribution in [0.2, 0.25) is 5.02 Å². The highest BCUT2D eigenvalue weighted by molar-refractivity contribution is 7.92. The first-order valence-electron chi connectivity index (χ1n) is 16.6. The predicted octanol–water partition coefficient (Wildman–Crippen LogP) is 6.07. The Morgan fingerprint density at radius 1 is 1.11 bits per heavy atom. The van der Waals surface area contributed by atoms with Crippen molar-refractivity contribution in [3.63, 3.8) is 0 Å². The van der Waals surface area contributed by atoms with Crippen LogP contribution in [0.5, 0.6) is 0 Å². The molecule has 0 aliphatic heterocycles. The minimum atomic E-state index is -3.87. The van der Waals surface area contributed by atoms with Crippen LogP contribution in [-0.4, -0.2) is 56.3 Å². The summed E-state index contributed by atoms with van der Waals surface area (Å²) in [6.07, 6.45) is -4.13. The molecule has 4 N–H and O–H groups in total. The lowest BCUT2D eigenvalue weighted by Crippen LogP contribution is -2.37. The van der Waals surface area contributed by atoms with Gasteiger partial charge in [0.25, 0.3) is 12.3 Å². The topological polar surface area (TPSA) is 158 Å². The van der Waals surface area contributed by atoms with Crippen LogP contribution in [0.1, 0.15) is 71.6 Å². The molecule has 0 bridgehead atoms. The van der Waals surface area contributed by atoms with Crippen molar-refractivity contribution in [2.45, 2.75) is 56.1 Å². The van der Waals surface area contributed by atoms with Crippen LogP contribution in [0.3, 0.4) is 0 Å². The van der Waals surface area contributed by atoms with E-state index >= 15 is 8.78 Å². The van der Waals surface area contributed by atoms with Crippen LogP contribution in [-0.2, 0) is 34.2 Å². The number of aromatic nitrogens is 5. The number of hydrogen-bond acceptors (Lipinski definition) is 7. The number of nitrogens with zero attached hydrogens (tertiary/aromatic N) is 5. The van der Waals surface area contributed by atoms with Gasteiger partial charge in [-0.05, 0) is 67.5 Å². The second-order valence-corrected chi connectivity index (χ2v) is 15.8. The number of pyridine rings is 1. The average Bonchev–Trinajstić information content (AvgIpc) is 3.60. The van der Waals surface area contributed by atoms with Crippen molar-refractivity contribution < 1.29 is 44.7 Å². The van der Waals surface area contributed by atoms with Crippen molar-refractivity contribution in [1.82, 2.24) is 24.5 Å². The first-order chi connectivity index (χ1) is 25.8. The van der Waals surface area contributed by atoms with E-state index in [0.29, 0.717) is 10.7 Å². The number of amides is 1. The Kier molecular flexibility index (Phi) is 9.41. The van der Waals surface area contributed by atoms with E-state index in [-0.39, 0.29) is 61.8 Å². The third kappa shape index (κ3) is 6.89. The van der Waals surface area contributed by atoms with E-state index in [1.807, 2.05) is 0 Å². The van der Waals surface area contributed by atoms with E-state index in [0.717, 1.165) is 18.4 Å². The third-order valence-corrected chi connectivity index (χ3v) is 10.5. The van der Waals surface area contributed by atoms with Gasteiger partial charge in [-0.2, -0.15) is 19.0 Å². The molecule has 1 unspecified atom stereocenters. The largest absolute Gasteiger partial charge is 0.381 e. The quantitative estimate of drug-likeness (QED) is 0.114. The molecule has 1 amide bonds. The van der Waals surface area contributed by atoms with Crippen molar-refractivity contribution in [2.75, 3.05) is 11.0 Å². The number of hydrogen-bond donors (Lipinski definition) is 3. The Morgan fingerprint density at radius 3 is 2.40 bits per heavy atom. The summed E-state index contributed by atoms with van der Waals surface area (Å²) in [4.78, 5) is 18.4. The summed E-state index contributed by atoms with van der Waals surface area (Å²) in [7, 11) is -2.39. The summed E-state index contributed by atoms with van der Waals surface area (Å²) < 4.78 is 119. The average molecular weight is 806 g/mol. The molecule has 7 rings (SSSR count). The number of nitrogens with two attached hydrogens (primary N) is 1. The number of benzene rings is 2. The summed E-state index contributed by atoms with van der Waals surface area (Å²) in [6, 6.07) is 6.31. The smallest absolute Gasteiger partial charge is 0.293 e. The number of primary amides is 1. The molecule has 2 aliphatic rings. The summed E-state index contributed by atoms with van der Waals surface area (Å²) in [5.41, 5.74) is 4.13. The van der Waals surface area contributed by atoms with Crippen LogP contribution >= 0.6 is 11.6 Å². The zero-order valence-corrected chi connectivity index (χ0v) is 30.5. The summed E-state index contributed by atoms with van der Waals surface area (Å²) in [5.74, 6) is -5.76. The van der Waals surface area contributed by atoms with Crippen LogP contribution in [0.25, 0.3) is 22.0 Å². The molecule has 1 fully saturated rings. The van der Waals surface area contributed by atoms with Gasteiger partial charge in [0, 0.05) is 41.6 Å². The molecule has 2 aliphatic carbocycles. The third-order valence-electron chi connectivity index (χ3n) is 9.63. The number of aliphatic hydroxyl groups excluding tert-OH is 1. The van der Waals surface area contributed by atoms with Gasteiger partial charge in [-0.15, -0.1) is 0 Å². The summed E-state index contributed by atoms with van der Waals surface area (Å²) in [5, 5.41) is 18.3. The molecule has 3 heterocycles. The molecule has 3 aromatic heterocycles. The first kappa shape index (κ1) is 38.2. The number of aryl methyl sites for hydroxylation is 1. The molecule has 0 radical (unpaired) electrons. The van der Waals surface area contributed by atoms with Gasteiger partial charge < -0.3 is 10.8 Å². The van der Waals surface area contributed by atoms with Crippen LogP contribution in [0.4, 0.5) is 32.2 Å². The minimum Gasteiger partial charge on any atom is -0.381 e. The number of alkyl halides is 4. The lowest BCUT2D eigenvalue weighted by Gasteiger charge is -2.29. The highest BCUT2D eigenvalue weighted by Gasteiger charge is 2.67. The first-order valence-corrected chi connectivity index (χ1v) is 18.9. The van der Waals surface area contributed by atoms with E-state index < -0.39 is 87.6 Å². The molecule has 2 aromatic carbocycles. The van der Waals surface area contributed by atoms with E-state index in [4.69, 9.17) is 17.3 Å². The monoisotopic (exact) mass is 805 g/mol. The fourth-order valence-corrected chi connectivity index (χ4v) is 8.26. The molecule has 0 spiro atoms. The minimum absolute atomic E-state index is 0.0153. The number of nitrogens with one attached hydrogen (secondary N) is 1. The molecule has 288 valence electrons. The normalized spacial score (nSPS) is 18.7. The van der Waals surface area contributed by atoms with Crippen molar-refractivity contribution in [3.8, 4) is 23.0 Å². The molecule has 0 saturated heterocycles. The molecule has 5 atom stereocenters. The number of halogens is 7. The lowest BCUT2D eigenvalue weighted by atomic mass is 9.84. The number of rotatable bonds is 10. The van der Waals surface area contributed by atoms with Gasteiger partial charge in [0.2, 0.25) is 15.9 Å². The molecule has 55 heavy (non-hydrogen) atoms. The number of sulfonamides is 1. The van der Waals surface area contributed by atoms with Gasteiger partial charge in [-0.1, -0.05) is 23.6 Å².